The highest BCUT2D eigenvalue weighted by Crippen LogP contribution is 2.27. The second-order valence-electron chi connectivity index (χ2n) is 3.43. The molecule has 2 rings (SSSR count). The molecule has 0 fully saturated rings. The molecule has 0 aliphatic rings. The number of nitrogens with zero attached hydrogens (tertiary/aromatic N) is 2. The van der Waals surface area contributed by atoms with Crippen molar-refractivity contribution in [2.24, 2.45) is 12.8 Å². The van der Waals surface area contributed by atoms with Crippen LogP contribution >= 0.6 is 11.6 Å². The largest absolute Gasteiger partial charge is 0.323 e. The first-order valence-corrected chi connectivity index (χ1v) is 4.85. The first-order chi connectivity index (χ1) is 6.61. The van der Waals surface area contributed by atoms with Crippen molar-refractivity contribution in [1.82, 2.24) is 9.78 Å². The van der Waals surface area contributed by atoms with Gasteiger partial charge in [-0.15, -0.1) is 0 Å². The molecule has 0 unspecified atom stereocenters. The van der Waals surface area contributed by atoms with Crippen LogP contribution in [0.25, 0.3) is 10.9 Å². The van der Waals surface area contributed by atoms with Crippen molar-refractivity contribution in [3.05, 3.63) is 28.9 Å². The van der Waals surface area contributed by atoms with Gasteiger partial charge < -0.3 is 5.73 Å². The third kappa shape index (κ3) is 1.29. The Kier molecular flexibility index (Phi) is 2.21. The number of halogens is 1. The van der Waals surface area contributed by atoms with Crippen molar-refractivity contribution < 1.29 is 0 Å². The van der Waals surface area contributed by atoms with E-state index < -0.39 is 0 Å². The maximum atomic E-state index is 6.08. The van der Waals surface area contributed by atoms with Crippen molar-refractivity contribution >= 4 is 22.5 Å². The smallest absolute Gasteiger partial charge is 0.0868 e. The number of aryl methyl sites for hydroxylation is 1. The van der Waals surface area contributed by atoms with Crippen LogP contribution in [-0.4, -0.2) is 9.78 Å². The minimum absolute atomic E-state index is 0.0721. The fourth-order valence-corrected chi connectivity index (χ4v) is 1.95. The third-order valence-corrected chi connectivity index (χ3v) is 2.58. The predicted octanol–water partition coefficient (Wildman–Crippen LogP) is 2.25. The second-order valence-corrected chi connectivity index (χ2v) is 3.84. The zero-order chi connectivity index (χ0) is 10.3. The van der Waals surface area contributed by atoms with Crippen LogP contribution in [0, 0.1) is 0 Å². The van der Waals surface area contributed by atoms with E-state index in [2.05, 4.69) is 5.10 Å². The molecular formula is C10H12ClN3. The summed E-state index contributed by atoms with van der Waals surface area (Å²) in [5, 5.41) is 6.11. The summed E-state index contributed by atoms with van der Waals surface area (Å²) in [6.45, 7) is 1.92. The summed E-state index contributed by atoms with van der Waals surface area (Å²) < 4.78 is 1.77. The molecule has 0 aliphatic heterocycles. The van der Waals surface area contributed by atoms with E-state index in [0.717, 1.165) is 16.6 Å². The summed E-state index contributed by atoms with van der Waals surface area (Å²) in [7, 11) is 1.88. The molecule has 1 atom stereocenters. The number of nitrogens with two attached hydrogens (primary N) is 1. The molecule has 0 amide bonds. The minimum Gasteiger partial charge on any atom is -0.323 e. The first kappa shape index (κ1) is 9.49. The van der Waals surface area contributed by atoms with Crippen molar-refractivity contribution in [3.63, 3.8) is 0 Å². The van der Waals surface area contributed by atoms with Gasteiger partial charge >= 0.3 is 0 Å². The topological polar surface area (TPSA) is 43.8 Å². The maximum absolute atomic E-state index is 6.08. The Bertz CT molecular complexity index is 473. The van der Waals surface area contributed by atoms with E-state index in [1.54, 1.807) is 4.68 Å². The molecule has 3 nitrogen and oxygen atoms in total. The Labute approximate surface area is 87.5 Å². The van der Waals surface area contributed by atoms with Crippen molar-refractivity contribution in [2.45, 2.75) is 13.0 Å². The molecule has 74 valence electrons. The van der Waals surface area contributed by atoms with Gasteiger partial charge in [0.1, 0.15) is 0 Å². The monoisotopic (exact) mass is 209 g/mol. The van der Waals surface area contributed by atoms with E-state index in [0.29, 0.717) is 5.02 Å². The molecule has 0 saturated heterocycles. The minimum atomic E-state index is -0.0721. The van der Waals surface area contributed by atoms with E-state index in [-0.39, 0.29) is 6.04 Å². The number of aromatic nitrogens is 2. The molecule has 2 N–H and O–H groups in total. The van der Waals surface area contributed by atoms with Crippen LogP contribution in [0.2, 0.25) is 5.02 Å². The summed E-state index contributed by atoms with van der Waals surface area (Å²) in [5.41, 5.74) is 7.66. The maximum Gasteiger partial charge on any atom is 0.0868 e. The lowest BCUT2D eigenvalue weighted by Crippen LogP contribution is -2.06. The molecular weight excluding hydrogens is 198 g/mol. The van der Waals surface area contributed by atoms with Gasteiger partial charge in [0.25, 0.3) is 0 Å². The summed E-state index contributed by atoms with van der Waals surface area (Å²) in [6, 6.07) is 5.69. The molecule has 0 bridgehead atoms. The van der Waals surface area contributed by atoms with E-state index in [4.69, 9.17) is 17.3 Å². The normalized spacial score (nSPS) is 13.4. The highest BCUT2D eigenvalue weighted by molar-refractivity contribution is 6.35. The number of hydrogen-bond donors (Lipinski definition) is 1. The molecule has 1 aromatic heterocycles. The lowest BCUT2D eigenvalue weighted by atomic mass is 10.1. The summed E-state index contributed by atoms with van der Waals surface area (Å²) >= 11 is 6.08. The highest BCUT2D eigenvalue weighted by Gasteiger charge is 2.13. The molecule has 2 aromatic rings. The number of benzene rings is 1. The van der Waals surface area contributed by atoms with Gasteiger partial charge in [-0.25, -0.2) is 0 Å². The van der Waals surface area contributed by atoms with Crippen molar-refractivity contribution in [2.75, 3.05) is 0 Å². The number of fused-ring (bicyclic) bond motifs is 1. The standard InChI is InChI=1S/C10H12ClN3/c1-6(12)9-7-4-3-5-8(11)10(7)14(2)13-9/h3-6H,12H2,1-2H3/t6-/m1/s1. The van der Waals surface area contributed by atoms with Gasteiger partial charge in [0.15, 0.2) is 0 Å². The molecule has 4 heteroatoms. The fraction of sp³-hybridized carbons (Fsp3) is 0.300. The fourth-order valence-electron chi connectivity index (χ4n) is 1.65. The quantitative estimate of drug-likeness (QED) is 0.783. The second kappa shape index (κ2) is 3.26. The van der Waals surface area contributed by atoms with Gasteiger partial charge in [0.2, 0.25) is 0 Å². The lowest BCUT2D eigenvalue weighted by molar-refractivity contribution is 0.712. The van der Waals surface area contributed by atoms with E-state index >= 15 is 0 Å². The van der Waals surface area contributed by atoms with Crippen LogP contribution in [0.5, 0.6) is 0 Å². The SMILES string of the molecule is C[C@@H](N)c1nn(C)c2c(Cl)cccc12. The summed E-state index contributed by atoms with van der Waals surface area (Å²) in [6.07, 6.45) is 0. The van der Waals surface area contributed by atoms with Crippen LogP contribution in [0.1, 0.15) is 18.7 Å². The number of para-hydroxylation sites is 1. The average molecular weight is 210 g/mol. The molecule has 1 aromatic carbocycles. The Morgan fingerprint density at radius 3 is 2.86 bits per heavy atom. The van der Waals surface area contributed by atoms with Gasteiger partial charge in [0, 0.05) is 18.5 Å². The van der Waals surface area contributed by atoms with Crippen LogP contribution in [-0.2, 0) is 7.05 Å². The zero-order valence-corrected chi connectivity index (χ0v) is 8.92. The molecule has 0 saturated carbocycles. The summed E-state index contributed by atoms with van der Waals surface area (Å²) in [4.78, 5) is 0. The number of rotatable bonds is 1. The van der Waals surface area contributed by atoms with Gasteiger partial charge in [-0.1, -0.05) is 23.7 Å². The van der Waals surface area contributed by atoms with Gasteiger partial charge in [-0.05, 0) is 13.0 Å². The van der Waals surface area contributed by atoms with Gasteiger partial charge in [0.05, 0.1) is 16.2 Å². The first-order valence-electron chi connectivity index (χ1n) is 4.48. The molecule has 1 heterocycles. The van der Waals surface area contributed by atoms with Crippen molar-refractivity contribution in [3.8, 4) is 0 Å². The Hall–Kier alpha value is -1.06. The van der Waals surface area contributed by atoms with Crippen LogP contribution in [0.3, 0.4) is 0 Å². The van der Waals surface area contributed by atoms with E-state index in [1.165, 1.54) is 0 Å². The Morgan fingerprint density at radius 1 is 1.50 bits per heavy atom. The average Bonchev–Trinajstić information content (AvgIpc) is 2.45. The van der Waals surface area contributed by atoms with E-state index in [1.807, 2.05) is 32.2 Å². The lowest BCUT2D eigenvalue weighted by Gasteiger charge is -1.99. The number of hydrogen-bond acceptors (Lipinski definition) is 2. The Morgan fingerprint density at radius 2 is 2.21 bits per heavy atom. The predicted molar refractivity (Wildman–Crippen MR) is 58.3 cm³/mol. The van der Waals surface area contributed by atoms with Crippen LogP contribution in [0.4, 0.5) is 0 Å². The molecule has 14 heavy (non-hydrogen) atoms. The molecule has 0 aliphatic carbocycles. The van der Waals surface area contributed by atoms with Gasteiger partial charge in [-0.2, -0.15) is 5.10 Å². The summed E-state index contributed by atoms with van der Waals surface area (Å²) in [5.74, 6) is 0. The van der Waals surface area contributed by atoms with Crippen LogP contribution < -0.4 is 5.73 Å². The molecule has 0 radical (unpaired) electrons. The van der Waals surface area contributed by atoms with Gasteiger partial charge in [-0.3, -0.25) is 4.68 Å². The Balaban J connectivity index is 2.84. The van der Waals surface area contributed by atoms with E-state index in [9.17, 15) is 0 Å². The third-order valence-electron chi connectivity index (χ3n) is 2.28. The highest BCUT2D eigenvalue weighted by atomic mass is 35.5. The van der Waals surface area contributed by atoms with Crippen LogP contribution in [0.15, 0.2) is 18.2 Å². The zero-order valence-electron chi connectivity index (χ0n) is 8.16. The van der Waals surface area contributed by atoms with Crippen molar-refractivity contribution in [1.29, 1.82) is 0 Å². The molecule has 0 spiro atoms.